The van der Waals surface area contributed by atoms with Crippen LogP contribution < -0.4 is 10.2 Å². The predicted molar refractivity (Wildman–Crippen MR) is 140 cm³/mol. The van der Waals surface area contributed by atoms with Gasteiger partial charge in [0, 0.05) is 17.7 Å². The number of aliphatic hydroxyl groups excluding tert-OH is 8. The SMILES string of the molecule is O=c1cc(-c2ccc(OCC3OC(O)C(O)C(O)C3O)c(O)c2)oc2cc(O)c(C3OC(CO)C(O)C(O)C3O)c(O)c12. The Morgan fingerprint density at radius 1 is 0.744 bits per heavy atom. The molecule has 16 nitrogen and oxygen atoms in total. The van der Waals surface area contributed by atoms with E-state index in [1.807, 2.05) is 0 Å². The number of phenolic OH excluding ortho intramolecular Hbond substituents is 3. The number of aliphatic hydroxyl groups is 8. The van der Waals surface area contributed by atoms with Crippen LogP contribution in [0.4, 0.5) is 0 Å². The van der Waals surface area contributed by atoms with E-state index in [-0.39, 0.29) is 22.7 Å². The van der Waals surface area contributed by atoms with E-state index in [0.29, 0.717) is 0 Å². The zero-order valence-corrected chi connectivity index (χ0v) is 22.0. The van der Waals surface area contributed by atoms with E-state index < -0.39 is 108 Å². The molecule has 1 aromatic heterocycles. The van der Waals surface area contributed by atoms with Crippen LogP contribution in [0.2, 0.25) is 0 Å². The zero-order chi connectivity index (χ0) is 31.3. The number of hydrogen-bond donors (Lipinski definition) is 11. The summed E-state index contributed by atoms with van der Waals surface area (Å²) in [5.74, 6) is -2.20. The van der Waals surface area contributed by atoms with Crippen molar-refractivity contribution in [2.45, 2.75) is 61.2 Å². The van der Waals surface area contributed by atoms with Crippen molar-refractivity contribution in [2.75, 3.05) is 13.2 Å². The highest BCUT2D eigenvalue weighted by molar-refractivity contribution is 5.88. The molecular formula is C27H30O16. The molecule has 2 fully saturated rings. The summed E-state index contributed by atoms with van der Waals surface area (Å²) in [5.41, 5.74) is -1.43. The molecule has 2 aromatic carbocycles. The smallest absolute Gasteiger partial charge is 0.197 e. The summed E-state index contributed by atoms with van der Waals surface area (Å²) >= 11 is 0. The minimum absolute atomic E-state index is 0.106. The molecule has 0 radical (unpaired) electrons. The molecule has 234 valence electrons. The number of benzene rings is 2. The van der Waals surface area contributed by atoms with Crippen LogP contribution in [0.3, 0.4) is 0 Å². The first-order valence-electron chi connectivity index (χ1n) is 13.0. The Hall–Kier alpha value is -3.55. The van der Waals surface area contributed by atoms with Crippen molar-refractivity contribution in [1.82, 2.24) is 0 Å². The van der Waals surface area contributed by atoms with E-state index in [9.17, 15) is 61.0 Å². The number of fused-ring (bicyclic) bond motifs is 1. The molecule has 0 aliphatic carbocycles. The van der Waals surface area contributed by atoms with E-state index in [4.69, 9.17) is 18.6 Å². The predicted octanol–water partition coefficient (Wildman–Crippen LogP) is -2.73. The van der Waals surface area contributed by atoms with Crippen LogP contribution in [-0.4, -0.2) is 125 Å². The quantitative estimate of drug-likeness (QED) is 0.135. The Morgan fingerprint density at radius 2 is 1.42 bits per heavy atom. The Kier molecular flexibility index (Phi) is 8.52. The van der Waals surface area contributed by atoms with Crippen molar-refractivity contribution < 1.29 is 74.8 Å². The second kappa shape index (κ2) is 11.9. The summed E-state index contributed by atoms with van der Waals surface area (Å²) < 4.78 is 21.6. The van der Waals surface area contributed by atoms with E-state index in [1.165, 1.54) is 12.1 Å². The average molecular weight is 611 g/mol. The fourth-order valence-corrected chi connectivity index (χ4v) is 5.10. The maximum Gasteiger partial charge on any atom is 0.197 e. The Balaban J connectivity index is 1.41. The van der Waals surface area contributed by atoms with Crippen LogP contribution >= 0.6 is 0 Å². The molecular weight excluding hydrogens is 580 g/mol. The summed E-state index contributed by atoms with van der Waals surface area (Å²) in [4.78, 5) is 13.1. The molecule has 0 spiro atoms. The van der Waals surface area contributed by atoms with Crippen LogP contribution in [0.1, 0.15) is 11.7 Å². The molecule has 0 saturated carbocycles. The van der Waals surface area contributed by atoms with Crippen LogP contribution in [-0.2, 0) is 9.47 Å². The van der Waals surface area contributed by atoms with Crippen molar-refractivity contribution in [3.8, 4) is 34.3 Å². The van der Waals surface area contributed by atoms with Crippen LogP contribution in [0.5, 0.6) is 23.0 Å². The zero-order valence-electron chi connectivity index (χ0n) is 22.0. The molecule has 16 heteroatoms. The number of phenols is 3. The van der Waals surface area contributed by atoms with Crippen molar-refractivity contribution in [1.29, 1.82) is 0 Å². The molecule has 2 saturated heterocycles. The second-order valence-corrected chi connectivity index (χ2v) is 10.3. The molecule has 5 rings (SSSR count). The van der Waals surface area contributed by atoms with Crippen molar-refractivity contribution in [3.63, 3.8) is 0 Å². The molecule has 2 aliphatic rings. The minimum atomic E-state index is -1.85. The summed E-state index contributed by atoms with van der Waals surface area (Å²) in [6.07, 6.45) is -16.4. The highest BCUT2D eigenvalue weighted by atomic mass is 16.6. The molecule has 0 amide bonds. The van der Waals surface area contributed by atoms with Crippen LogP contribution in [0, 0.1) is 0 Å². The van der Waals surface area contributed by atoms with Crippen LogP contribution in [0.25, 0.3) is 22.3 Å². The third kappa shape index (κ3) is 5.49. The molecule has 10 unspecified atom stereocenters. The summed E-state index contributed by atoms with van der Waals surface area (Å²) in [6.45, 7) is -1.19. The fourth-order valence-electron chi connectivity index (χ4n) is 5.10. The molecule has 3 aromatic rings. The Bertz CT molecular complexity index is 1540. The van der Waals surface area contributed by atoms with E-state index in [1.54, 1.807) is 0 Å². The minimum Gasteiger partial charge on any atom is -0.507 e. The van der Waals surface area contributed by atoms with Gasteiger partial charge in [-0.15, -0.1) is 0 Å². The van der Waals surface area contributed by atoms with Gasteiger partial charge in [-0.25, -0.2) is 0 Å². The maximum absolute atomic E-state index is 13.1. The van der Waals surface area contributed by atoms with E-state index in [0.717, 1.165) is 18.2 Å². The highest BCUT2D eigenvalue weighted by Crippen LogP contribution is 2.45. The van der Waals surface area contributed by atoms with Crippen molar-refractivity contribution in [2.24, 2.45) is 0 Å². The van der Waals surface area contributed by atoms with Gasteiger partial charge in [-0.2, -0.15) is 0 Å². The summed E-state index contributed by atoms with van der Waals surface area (Å²) in [5, 5.41) is 111. The first-order chi connectivity index (χ1) is 20.3. The number of aromatic hydroxyl groups is 3. The highest BCUT2D eigenvalue weighted by Gasteiger charge is 2.46. The lowest BCUT2D eigenvalue weighted by Gasteiger charge is -2.40. The summed E-state index contributed by atoms with van der Waals surface area (Å²) in [7, 11) is 0. The Labute approximate surface area is 241 Å². The maximum atomic E-state index is 13.1. The lowest BCUT2D eigenvalue weighted by molar-refractivity contribution is -0.285. The van der Waals surface area contributed by atoms with Crippen LogP contribution in [0.15, 0.2) is 39.5 Å². The van der Waals surface area contributed by atoms with Gasteiger partial charge in [0.25, 0.3) is 0 Å². The lowest BCUT2D eigenvalue weighted by atomic mass is 9.89. The first kappa shape index (κ1) is 30.9. The molecule has 0 bridgehead atoms. The van der Waals surface area contributed by atoms with Gasteiger partial charge >= 0.3 is 0 Å². The fraction of sp³-hybridized carbons (Fsp3) is 0.444. The number of hydrogen-bond acceptors (Lipinski definition) is 16. The molecule has 11 N–H and O–H groups in total. The monoisotopic (exact) mass is 610 g/mol. The molecule has 3 heterocycles. The van der Waals surface area contributed by atoms with Gasteiger partial charge in [0.1, 0.15) is 89.8 Å². The summed E-state index contributed by atoms with van der Waals surface area (Å²) in [6, 6.07) is 5.76. The van der Waals surface area contributed by atoms with Gasteiger partial charge in [-0.1, -0.05) is 0 Å². The average Bonchev–Trinajstić information content (AvgIpc) is 2.97. The van der Waals surface area contributed by atoms with E-state index >= 15 is 0 Å². The molecule has 2 aliphatic heterocycles. The topological polar surface area (TPSA) is 280 Å². The first-order valence-corrected chi connectivity index (χ1v) is 13.0. The number of ether oxygens (including phenoxy) is 3. The van der Waals surface area contributed by atoms with Crippen molar-refractivity contribution >= 4 is 11.0 Å². The van der Waals surface area contributed by atoms with Gasteiger partial charge in [0.05, 0.1) is 12.2 Å². The van der Waals surface area contributed by atoms with Gasteiger partial charge in [-0.05, 0) is 18.2 Å². The third-order valence-corrected chi connectivity index (χ3v) is 7.52. The van der Waals surface area contributed by atoms with Gasteiger partial charge in [0.2, 0.25) is 0 Å². The second-order valence-electron chi connectivity index (χ2n) is 10.3. The molecule has 43 heavy (non-hydrogen) atoms. The van der Waals surface area contributed by atoms with Gasteiger partial charge in [-0.3, -0.25) is 4.79 Å². The molecule has 10 atom stereocenters. The third-order valence-electron chi connectivity index (χ3n) is 7.52. The van der Waals surface area contributed by atoms with E-state index in [2.05, 4.69) is 0 Å². The standard InChI is InChI=1S/C27H30O16/c28-6-15-19(32)22(35)24(37)26(42-15)18-11(31)5-14-17(21(18)34)10(30)4-13(41-14)8-1-2-12(9(29)3-8)40-7-16-20(33)23(36)25(38)27(39)43-16/h1-5,15-16,19-20,22-29,31-39H,6-7H2. The number of rotatable bonds is 6. The Morgan fingerprint density at radius 3 is 2.09 bits per heavy atom. The van der Waals surface area contributed by atoms with Gasteiger partial charge in [0.15, 0.2) is 23.2 Å². The van der Waals surface area contributed by atoms with Gasteiger partial charge < -0.3 is 74.8 Å². The lowest BCUT2D eigenvalue weighted by Crippen LogP contribution is -2.58. The normalized spacial score (nSPS) is 33.0. The van der Waals surface area contributed by atoms with Crippen molar-refractivity contribution in [3.05, 3.63) is 46.1 Å². The largest absolute Gasteiger partial charge is 0.507 e.